The lowest BCUT2D eigenvalue weighted by Crippen LogP contribution is -2.78. The number of esters is 2. The zero-order valence-electron chi connectivity index (χ0n) is 11.9. The van der Waals surface area contributed by atoms with E-state index in [2.05, 4.69) is 0 Å². The minimum atomic E-state index is -0.847. The predicted octanol–water partition coefficient (Wildman–Crippen LogP) is 0.619. The lowest BCUT2D eigenvalue weighted by molar-refractivity contribution is -0.266. The minimum Gasteiger partial charge on any atom is -0.465 e. The fraction of sp³-hybridized carbons (Fsp3) is 0.786. The van der Waals surface area contributed by atoms with Crippen molar-refractivity contribution in [1.29, 1.82) is 0 Å². The first kappa shape index (κ1) is 13.5. The number of carbonyl (C=O) groups excluding carboxylic acids is 3. The van der Waals surface area contributed by atoms with Crippen LogP contribution in [-0.4, -0.2) is 42.1 Å². The fourth-order valence-electron chi connectivity index (χ4n) is 4.26. The predicted molar refractivity (Wildman–Crippen MR) is 65.7 cm³/mol. The Labute approximate surface area is 116 Å². The average Bonchev–Trinajstić information content (AvgIpc) is 2.41. The van der Waals surface area contributed by atoms with Gasteiger partial charge in [-0.2, -0.15) is 0 Å². The van der Waals surface area contributed by atoms with E-state index in [0.29, 0.717) is 6.42 Å². The summed E-state index contributed by atoms with van der Waals surface area (Å²) in [6.45, 7) is 4.81. The number of hydrogen-bond donors (Lipinski definition) is 0. The standard InChI is InChI=1S/C14H18O6/c1-8(15)18-6-13-7-19-12(3)5-11(17)10(13)4-14(12,13)20-9(2)16/h10H,4-7H2,1-3H3/t10-,12-,13-,14-/m0/s1. The number of rotatable bonds is 3. The highest BCUT2D eigenvalue weighted by Crippen LogP contribution is 2.71. The fourth-order valence-corrected chi connectivity index (χ4v) is 4.26. The highest BCUT2D eigenvalue weighted by molar-refractivity contribution is 5.88. The molecule has 0 spiro atoms. The van der Waals surface area contributed by atoms with Crippen LogP contribution in [0.2, 0.25) is 0 Å². The van der Waals surface area contributed by atoms with Gasteiger partial charge in [0.2, 0.25) is 0 Å². The van der Waals surface area contributed by atoms with Crippen LogP contribution in [0.3, 0.4) is 0 Å². The molecular weight excluding hydrogens is 264 g/mol. The summed E-state index contributed by atoms with van der Waals surface area (Å²) in [7, 11) is 0. The van der Waals surface area contributed by atoms with Gasteiger partial charge < -0.3 is 14.2 Å². The van der Waals surface area contributed by atoms with E-state index in [1.54, 1.807) is 6.92 Å². The first-order chi connectivity index (χ1) is 9.26. The third-order valence-corrected chi connectivity index (χ3v) is 5.22. The summed E-state index contributed by atoms with van der Waals surface area (Å²) in [4.78, 5) is 34.8. The minimum absolute atomic E-state index is 0.0572. The van der Waals surface area contributed by atoms with Crippen molar-refractivity contribution in [2.24, 2.45) is 11.3 Å². The molecule has 1 aliphatic heterocycles. The Bertz CT molecular complexity index is 514. The molecule has 1 saturated heterocycles. The van der Waals surface area contributed by atoms with Crippen molar-refractivity contribution in [1.82, 2.24) is 0 Å². The molecule has 110 valence electrons. The monoisotopic (exact) mass is 282 g/mol. The quantitative estimate of drug-likeness (QED) is 0.706. The van der Waals surface area contributed by atoms with Crippen LogP contribution >= 0.6 is 0 Å². The van der Waals surface area contributed by atoms with Gasteiger partial charge in [0.1, 0.15) is 18.0 Å². The molecule has 4 fully saturated rings. The molecule has 6 nitrogen and oxygen atoms in total. The van der Waals surface area contributed by atoms with E-state index >= 15 is 0 Å². The molecule has 0 amide bonds. The van der Waals surface area contributed by atoms with Crippen molar-refractivity contribution in [3.05, 3.63) is 0 Å². The van der Waals surface area contributed by atoms with Gasteiger partial charge in [-0.1, -0.05) is 0 Å². The van der Waals surface area contributed by atoms with Gasteiger partial charge in [0.05, 0.1) is 12.0 Å². The Morgan fingerprint density at radius 1 is 1.35 bits per heavy atom. The number of Topliss-reactive ketones (excluding diaryl/α,β-unsaturated/α-hetero) is 1. The summed E-state index contributed by atoms with van der Waals surface area (Å²) < 4.78 is 16.6. The van der Waals surface area contributed by atoms with Crippen LogP contribution in [0.5, 0.6) is 0 Å². The summed E-state index contributed by atoms with van der Waals surface area (Å²) >= 11 is 0. The van der Waals surface area contributed by atoms with E-state index in [1.807, 2.05) is 0 Å². The molecule has 4 bridgehead atoms. The molecule has 20 heavy (non-hydrogen) atoms. The Hall–Kier alpha value is -1.43. The van der Waals surface area contributed by atoms with Crippen LogP contribution in [0, 0.1) is 11.3 Å². The summed E-state index contributed by atoms with van der Waals surface area (Å²) in [6, 6.07) is 0. The topological polar surface area (TPSA) is 78.9 Å². The third kappa shape index (κ3) is 1.35. The zero-order valence-corrected chi connectivity index (χ0v) is 11.9. The molecule has 0 radical (unpaired) electrons. The maximum Gasteiger partial charge on any atom is 0.303 e. The maximum absolute atomic E-state index is 12.2. The molecular formula is C14H18O6. The maximum atomic E-state index is 12.2. The zero-order chi connectivity index (χ0) is 14.8. The molecule has 0 aromatic heterocycles. The molecule has 6 heteroatoms. The highest BCUT2D eigenvalue weighted by Gasteiger charge is 2.84. The molecule has 4 atom stereocenters. The van der Waals surface area contributed by atoms with Crippen LogP contribution in [0.4, 0.5) is 0 Å². The summed E-state index contributed by atoms with van der Waals surface area (Å²) in [6.07, 6.45) is 0.704. The summed E-state index contributed by atoms with van der Waals surface area (Å²) in [5.41, 5.74) is -2.38. The van der Waals surface area contributed by atoms with Crippen molar-refractivity contribution >= 4 is 17.7 Å². The van der Waals surface area contributed by atoms with Gasteiger partial charge in [0.15, 0.2) is 5.60 Å². The molecule has 3 aliphatic carbocycles. The van der Waals surface area contributed by atoms with Crippen molar-refractivity contribution in [2.45, 2.75) is 44.8 Å². The Morgan fingerprint density at radius 2 is 2.05 bits per heavy atom. The summed E-state index contributed by atoms with van der Waals surface area (Å²) in [5, 5.41) is 0. The molecule has 0 aromatic rings. The first-order valence-corrected chi connectivity index (χ1v) is 6.76. The lowest BCUT2D eigenvalue weighted by Gasteiger charge is -2.64. The first-order valence-electron chi connectivity index (χ1n) is 6.76. The number of hydrogen-bond acceptors (Lipinski definition) is 6. The van der Waals surface area contributed by atoms with Crippen molar-refractivity contribution in [3.8, 4) is 0 Å². The van der Waals surface area contributed by atoms with Crippen molar-refractivity contribution in [3.63, 3.8) is 0 Å². The number of carbonyl (C=O) groups is 3. The van der Waals surface area contributed by atoms with Crippen molar-refractivity contribution in [2.75, 3.05) is 13.2 Å². The van der Waals surface area contributed by atoms with Crippen LogP contribution in [0.1, 0.15) is 33.6 Å². The molecule has 4 aliphatic rings. The average molecular weight is 282 g/mol. The Balaban J connectivity index is 2.00. The smallest absolute Gasteiger partial charge is 0.303 e. The molecule has 4 rings (SSSR count). The highest BCUT2D eigenvalue weighted by atomic mass is 16.6. The number of ketones is 1. The van der Waals surface area contributed by atoms with E-state index < -0.39 is 28.6 Å². The van der Waals surface area contributed by atoms with Gasteiger partial charge in [-0.05, 0) is 6.92 Å². The van der Waals surface area contributed by atoms with Gasteiger partial charge in [-0.3, -0.25) is 14.4 Å². The molecule has 0 unspecified atom stereocenters. The molecule has 3 saturated carbocycles. The number of ether oxygens (including phenoxy) is 3. The van der Waals surface area contributed by atoms with Gasteiger partial charge in [-0.15, -0.1) is 0 Å². The molecule has 1 heterocycles. The largest absolute Gasteiger partial charge is 0.465 e. The van der Waals surface area contributed by atoms with Gasteiger partial charge in [0, 0.05) is 32.6 Å². The van der Waals surface area contributed by atoms with Crippen LogP contribution < -0.4 is 0 Å². The van der Waals surface area contributed by atoms with E-state index in [-0.39, 0.29) is 31.3 Å². The second kappa shape index (κ2) is 3.81. The Kier molecular flexibility index (Phi) is 2.58. The molecule has 0 N–H and O–H groups in total. The number of fused-ring (bicyclic) bond motifs is 1. The second-order valence-electron chi connectivity index (χ2n) is 6.28. The van der Waals surface area contributed by atoms with Crippen LogP contribution in [0.15, 0.2) is 0 Å². The lowest BCUT2D eigenvalue weighted by atomic mass is 9.41. The van der Waals surface area contributed by atoms with E-state index in [0.717, 1.165) is 0 Å². The van der Waals surface area contributed by atoms with Crippen molar-refractivity contribution < 1.29 is 28.6 Å². The van der Waals surface area contributed by atoms with E-state index in [4.69, 9.17) is 14.2 Å². The SMILES string of the molecule is CC(=O)OC[C@]12CO[C@@]3(C)CC(=O)[C@@H]1C[C@@]23OC(C)=O. The Morgan fingerprint density at radius 3 is 2.65 bits per heavy atom. The van der Waals surface area contributed by atoms with Gasteiger partial charge in [0.25, 0.3) is 0 Å². The van der Waals surface area contributed by atoms with Gasteiger partial charge >= 0.3 is 11.9 Å². The normalized spacial score (nSPS) is 44.8. The summed E-state index contributed by atoms with van der Waals surface area (Å²) in [5.74, 6) is -0.965. The van der Waals surface area contributed by atoms with E-state index in [9.17, 15) is 14.4 Å². The van der Waals surface area contributed by atoms with Crippen LogP contribution in [0.25, 0.3) is 0 Å². The molecule has 0 aromatic carbocycles. The third-order valence-electron chi connectivity index (χ3n) is 5.22. The van der Waals surface area contributed by atoms with Gasteiger partial charge in [-0.25, -0.2) is 0 Å². The van der Waals surface area contributed by atoms with Crippen LogP contribution in [-0.2, 0) is 28.6 Å². The second-order valence-corrected chi connectivity index (χ2v) is 6.28. The van der Waals surface area contributed by atoms with E-state index in [1.165, 1.54) is 13.8 Å².